The van der Waals surface area contributed by atoms with Crippen LogP contribution in [0.25, 0.3) is 11.1 Å². The number of hydrogen-bond donors (Lipinski definition) is 1. The summed E-state index contributed by atoms with van der Waals surface area (Å²) in [4.78, 5) is 30.8. The van der Waals surface area contributed by atoms with Gasteiger partial charge in [0, 0.05) is 30.9 Å². The van der Waals surface area contributed by atoms with Gasteiger partial charge in [0.2, 0.25) is 0 Å². The van der Waals surface area contributed by atoms with E-state index in [1.807, 2.05) is 30.3 Å². The molecule has 0 fully saturated rings. The van der Waals surface area contributed by atoms with Crippen molar-refractivity contribution in [1.82, 2.24) is 9.88 Å². The highest BCUT2D eigenvalue weighted by atomic mass is 19.4. The van der Waals surface area contributed by atoms with Crippen LogP contribution in [0.1, 0.15) is 43.2 Å². The number of nitrogens with one attached hydrogen (secondary N) is 1. The van der Waals surface area contributed by atoms with Gasteiger partial charge in [-0.05, 0) is 71.1 Å². The molecular formula is C30H24F3N3O2. The van der Waals surface area contributed by atoms with Crippen LogP contribution in [0.3, 0.4) is 0 Å². The van der Waals surface area contributed by atoms with E-state index in [0.29, 0.717) is 34.6 Å². The van der Waals surface area contributed by atoms with E-state index >= 15 is 0 Å². The molecule has 5 rings (SSSR count). The van der Waals surface area contributed by atoms with E-state index in [4.69, 9.17) is 0 Å². The lowest BCUT2D eigenvalue weighted by Gasteiger charge is -2.29. The molecule has 0 unspecified atom stereocenters. The lowest BCUT2D eigenvalue weighted by molar-refractivity contribution is -0.137. The molecule has 3 aromatic carbocycles. The van der Waals surface area contributed by atoms with E-state index < -0.39 is 11.7 Å². The van der Waals surface area contributed by atoms with Gasteiger partial charge in [0.15, 0.2) is 6.29 Å². The highest BCUT2D eigenvalue weighted by molar-refractivity contribution is 6.08. The Kier molecular flexibility index (Phi) is 7.07. The Morgan fingerprint density at radius 3 is 2.50 bits per heavy atom. The average Bonchev–Trinajstić information content (AvgIpc) is 2.93. The van der Waals surface area contributed by atoms with Crippen molar-refractivity contribution < 1.29 is 22.8 Å². The Balaban J connectivity index is 1.29. The number of aromatic nitrogens is 1. The number of carbonyl (C=O) groups is 2. The number of alkyl halides is 3. The summed E-state index contributed by atoms with van der Waals surface area (Å²) in [7, 11) is 0. The molecule has 0 aliphatic carbocycles. The second-order valence-corrected chi connectivity index (χ2v) is 9.19. The Labute approximate surface area is 218 Å². The third-order valence-electron chi connectivity index (χ3n) is 6.59. The number of pyridine rings is 1. The standard InChI is InChI=1S/C30H24F3N3O2/c31-30(32,33)23-11-8-20(9-12-23)27-6-1-2-7-28(27)29(38)35-24-13-10-22-17-36(15-14-21(22)16-24)18-25-4-3-5-26(19-37)34-25/h1-13,16,19H,14-15,17-18H2,(H,35,38). The Morgan fingerprint density at radius 1 is 0.947 bits per heavy atom. The summed E-state index contributed by atoms with van der Waals surface area (Å²) >= 11 is 0. The smallest absolute Gasteiger partial charge is 0.322 e. The molecule has 1 N–H and O–H groups in total. The Morgan fingerprint density at radius 2 is 1.74 bits per heavy atom. The van der Waals surface area contributed by atoms with Gasteiger partial charge >= 0.3 is 6.18 Å². The molecule has 0 atom stereocenters. The fourth-order valence-electron chi connectivity index (χ4n) is 4.68. The van der Waals surface area contributed by atoms with Crippen molar-refractivity contribution in [2.24, 2.45) is 0 Å². The van der Waals surface area contributed by atoms with Crippen LogP contribution in [0, 0.1) is 0 Å². The molecule has 0 bridgehead atoms. The van der Waals surface area contributed by atoms with E-state index in [-0.39, 0.29) is 5.91 Å². The molecule has 5 nitrogen and oxygen atoms in total. The fourth-order valence-corrected chi connectivity index (χ4v) is 4.68. The number of carbonyl (C=O) groups excluding carboxylic acids is 2. The number of nitrogens with zero attached hydrogens (tertiary/aromatic N) is 2. The number of rotatable bonds is 6. The number of fused-ring (bicyclic) bond motifs is 1. The first kappa shape index (κ1) is 25.4. The Bertz CT molecular complexity index is 1480. The van der Waals surface area contributed by atoms with Gasteiger partial charge in [-0.25, -0.2) is 4.98 Å². The minimum atomic E-state index is -4.42. The molecule has 192 valence electrons. The summed E-state index contributed by atoms with van der Waals surface area (Å²) in [6, 6.07) is 22.9. The first-order chi connectivity index (χ1) is 18.3. The van der Waals surface area contributed by atoms with Crippen LogP contribution >= 0.6 is 0 Å². The van der Waals surface area contributed by atoms with Gasteiger partial charge in [-0.3, -0.25) is 14.5 Å². The number of amides is 1. The van der Waals surface area contributed by atoms with Crippen molar-refractivity contribution in [2.75, 3.05) is 11.9 Å². The summed E-state index contributed by atoms with van der Waals surface area (Å²) in [6.45, 7) is 2.18. The second-order valence-electron chi connectivity index (χ2n) is 9.19. The molecule has 0 radical (unpaired) electrons. The van der Waals surface area contributed by atoms with E-state index in [9.17, 15) is 22.8 Å². The van der Waals surface area contributed by atoms with Crippen LogP contribution in [-0.2, 0) is 25.7 Å². The van der Waals surface area contributed by atoms with E-state index in [1.54, 1.807) is 30.3 Å². The van der Waals surface area contributed by atoms with Gasteiger partial charge in [0.05, 0.1) is 11.3 Å². The fraction of sp³-hybridized carbons (Fsp3) is 0.167. The molecule has 0 saturated heterocycles. The van der Waals surface area contributed by atoms with Crippen LogP contribution in [-0.4, -0.2) is 28.6 Å². The van der Waals surface area contributed by atoms with Crippen molar-refractivity contribution in [3.8, 4) is 11.1 Å². The van der Waals surface area contributed by atoms with Crippen LogP contribution in [0.5, 0.6) is 0 Å². The van der Waals surface area contributed by atoms with E-state index in [2.05, 4.69) is 15.2 Å². The zero-order valence-electron chi connectivity index (χ0n) is 20.3. The second kappa shape index (κ2) is 10.6. The number of hydrogen-bond acceptors (Lipinski definition) is 4. The highest BCUT2D eigenvalue weighted by Gasteiger charge is 2.30. The molecule has 1 aliphatic rings. The predicted molar refractivity (Wildman–Crippen MR) is 139 cm³/mol. The normalized spacial score (nSPS) is 13.6. The van der Waals surface area contributed by atoms with Gasteiger partial charge in [0.1, 0.15) is 5.69 Å². The van der Waals surface area contributed by atoms with Crippen molar-refractivity contribution in [3.63, 3.8) is 0 Å². The van der Waals surface area contributed by atoms with Crippen LogP contribution in [0.15, 0.2) is 84.9 Å². The average molecular weight is 516 g/mol. The molecule has 1 amide bonds. The summed E-state index contributed by atoms with van der Waals surface area (Å²) < 4.78 is 38.9. The van der Waals surface area contributed by atoms with E-state index in [1.165, 1.54) is 12.1 Å². The van der Waals surface area contributed by atoms with Crippen LogP contribution in [0.4, 0.5) is 18.9 Å². The topological polar surface area (TPSA) is 62.3 Å². The number of aldehydes is 1. The molecule has 1 aromatic heterocycles. The van der Waals surface area contributed by atoms with Crippen LogP contribution in [0.2, 0.25) is 0 Å². The molecule has 2 heterocycles. The highest BCUT2D eigenvalue weighted by Crippen LogP contribution is 2.32. The third kappa shape index (κ3) is 5.65. The van der Waals surface area contributed by atoms with Crippen molar-refractivity contribution in [1.29, 1.82) is 0 Å². The predicted octanol–water partition coefficient (Wildman–Crippen LogP) is 6.39. The summed E-state index contributed by atoms with van der Waals surface area (Å²) in [5, 5.41) is 2.94. The minimum absolute atomic E-state index is 0.334. The summed E-state index contributed by atoms with van der Waals surface area (Å²) in [6.07, 6.45) is -2.88. The number of anilines is 1. The summed E-state index contributed by atoms with van der Waals surface area (Å²) in [5.41, 5.74) is 4.94. The van der Waals surface area contributed by atoms with E-state index in [0.717, 1.165) is 54.8 Å². The first-order valence-electron chi connectivity index (χ1n) is 12.1. The molecule has 8 heteroatoms. The Hall–Kier alpha value is -4.30. The molecule has 1 aliphatic heterocycles. The first-order valence-corrected chi connectivity index (χ1v) is 12.1. The molecule has 4 aromatic rings. The summed E-state index contributed by atoms with van der Waals surface area (Å²) in [5.74, 6) is -0.334. The van der Waals surface area contributed by atoms with Crippen molar-refractivity contribution >= 4 is 17.9 Å². The largest absolute Gasteiger partial charge is 0.416 e. The van der Waals surface area contributed by atoms with Crippen molar-refractivity contribution in [2.45, 2.75) is 25.7 Å². The molecule has 0 spiro atoms. The molecule has 38 heavy (non-hydrogen) atoms. The maximum Gasteiger partial charge on any atom is 0.416 e. The van der Waals surface area contributed by atoms with Gasteiger partial charge in [0.25, 0.3) is 5.91 Å². The van der Waals surface area contributed by atoms with Gasteiger partial charge < -0.3 is 5.32 Å². The lowest BCUT2D eigenvalue weighted by atomic mass is 9.97. The van der Waals surface area contributed by atoms with Crippen molar-refractivity contribution in [3.05, 3.63) is 119 Å². The van der Waals surface area contributed by atoms with Gasteiger partial charge in [-0.15, -0.1) is 0 Å². The third-order valence-corrected chi connectivity index (χ3v) is 6.59. The maximum atomic E-state index is 13.2. The zero-order chi connectivity index (χ0) is 26.7. The minimum Gasteiger partial charge on any atom is -0.322 e. The monoisotopic (exact) mass is 515 g/mol. The van der Waals surface area contributed by atoms with Gasteiger partial charge in [-0.1, -0.05) is 42.5 Å². The van der Waals surface area contributed by atoms with Gasteiger partial charge in [-0.2, -0.15) is 13.2 Å². The number of halogens is 3. The van der Waals surface area contributed by atoms with Crippen LogP contribution < -0.4 is 5.32 Å². The number of benzene rings is 3. The lowest BCUT2D eigenvalue weighted by Crippen LogP contribution is -2.30. The maximum absolute atomic E-state index is 13.2. The quantitative estimate of drug-likeness (QED) is 0.302. The SMILES string of the molecule is O=Cc1cccc(CN2CCc3cc(NC(=O)c4ccccc4-c4ccc(C(F)(F)F)cc4)ccc3C2)n1. The zero-order valence-corrected chi connectivity index (χ0v) is 20.3. The molecule has 0 saturated carbocycles. The molecular weight excluding hydrogens is 491 g/mol.